The maximum absolute atomic E-state index is 11.5. The van der Waals surface area contributed by atoms with E-state index in [9.17, 15) is 14.7 Å². The van der Waals surface area contributed by atoms with Gasteiger partial charge in [0.2, 0.25) is 0 Å². The van der Waals surface area contributed by atoms with Crippen LogP contribution >= 0.6 is 0 Å². The van der Waals surface area contributed by atoms with Crippen molar-refractivity contribution >= 4 is 18.0 Å². The van der Waals surface area contributed by atoms with Crippen LogP contribution in [0.4, 0.5) is 0 Å². The monoisotopic (exact) mass is 323 g/mol. The molecule has 126 valence electrons. The molecule has 3 N–H and O–H groups in total. The van der Waals surface area contributed by atoms with Crippen molar-refractivity contribution in [2.45, 2.75) is 13.3 Å². The van der Waals surface area contributed by atoms with Crippen molar-refractivity contribution in [3.63, 3.8) is 0 Å². The number of hydrazone groups is 1. The number of phenolic OH excluding ortho intramolecular Hbond substituents is 1. The van der Waals surface area contributed by atoms with Crippen LogP contribution in [-0.4, -0.2) is 50.0 Å². The molecule has 0 aliphatic rings. The van der Waals surface area contributed by atoms with E-state index in [0.717, 1.165) is 0 Å². The third-order valence-electron chi connectivity index (χ3n) is 2.68. The first-order valence-corrected chi connectivity index (χ1v) is 7.14. The molecule has 0 bridgehead atoms. The molecule has 1 rings (SSSR count). The van der Waals surface area contributed by atoms with Gasteiger partial charge < -0.3 is 19.9 Å². The number of ether oxygens (including phenoxy) is 2. The molecular formula is C15H21N3O5. The smallest absolute Gasteiger partial charge is 0.329 e. The molecule has 0 heterocycles. The van der Waals surface area contributed by atoms with Crippen LogP contribution in [-0.2, 0) is 14.3 Å². The average molecular weight is 323 g/mol. The maximum atomic E-state index is 11.5. The zero-order valence-corrected chi connectivity index (χ0v) is 13.2. The van der Waals surface area contributed by atoms with Gasteiger partial charge in [0.1, 0.15) is 0 Å². The largest absolute Gasteiger partial charge is 0.504 e. The summed E-state index contributed by atoms with van der Waals surface area (Å²) in [7, 11) is 1.56. The second-order valence-corrected chi connectivity index (χ2v) is 4.46. The van der Waals surface area contributed by atoms with E-state index in [1.54, 1.807) is 26.2 Å². The fraction of sp³-hybridized carbons (Fsp3) is 0.400. The normalized spacial score (nSPS) is 10.5. The Hall–Kier alpha value is -2.61. The number of carbonyl (C=O) groups excluding carboxylic acids is 2. The van der Waals surface area contributed by atoms with Crippen LogP contribution in [0.1, 0.15) is 18.9 Å². The maximum Gasteiger partial charge on any atom is 0.329 e. The lowest BCUT2D eigenvalue weighted by Gasteiger charge is -2.06. The first-order valence-electron chi connectivity index (χ1n) is 7.14. The Kier molecular flexibility index (Phi) is 8.16. The SMILES string of the molecule is CCOc1cc(/C=N/NC(=O)C(=O)NCCCOC)ccc1O. The Morgan fingerprint density at radius 3 is 2.83 bits per heavy atom. The zero-order valence-electron chi connectivity index (χ0n) is 13.2. The molecule has 1 aromatic rings. The standard InChI is InChI=1S/C15H21N3O5/c1-3-23-13-9-11(5-6-12(13)19)10-17-18-15(21)14(20)16-7-4-8-22-2/h5-6,9-10,19H,3-4,7-8H2,1-2H3,(H,16,20)(H,18,21)/b17-10+. The lowest BCUT2D eigenvalue weighted by atomic mass is 10.2. The number of methoxy groups -OCH3 is 1. The van der Waals surface area contributed by atoms with Gasteiger partial charge in [-0.15, -0.1) is 0 Å². The van der Waals surface area contributed by atoms with Gasteiger partial charge in [-0.05, 0) is 37.1 Å². The second kappa shape index (κ2) is 10.2. The van der Waals surface area contributed by atoms with Crippen LogP contribution < -0.4 is 15.5 Å². The van der Waals surface area contributed by atoms with E-state index >= 15 is 0 Å². The molecule has 23 heavy (non-hydrogen) atoms. The Morgan fingerprint density at radius 1 is 1.35 bits per heavy atom. The number of nitrogens with one attached hydrogen (secondary N) is 2. The molecular weight excluding hydrogens is 302 g/mol. The molecule has 1 aromatic carbocycles. The summed E-state index contributed by atoms with van der Waals surface area (Å²) in [6.45, 7) is 3.06. The first kappa shape index (κ1) is 18.4. The van der Waals surface area contributed by atoms with Crippen LogP contribution in [0.15, 0.2) is 23.3 Å². The number of hydrogen-bond donors (Lipinski definition) is 3. The third kappa shape index (κ3) is 6.79. The number of amides is 2. The number of aromatic hydroxyl groups is 1. The zero-order chi connectivity index (χ0) is 17.1. The molecule has 2 amide bonds. The molecule has 0 saturated carbocycles. The van der Waals surface area contributed by atoms with Gasteiger partial charge in [0.05, 0.1) is 12.8 Å². The third-order valence-corrected chi connectivity index (χ3v) is 2.68. The van der Waals surface area contributed by atoms with Crippen molar-refractivity contribution in [3.05, 3.63) is 23.8 Å². The summed E-state index contributed by atoms with van der Waals surface area (Å²) >= 11 is 0. The van der Waals surface area contributed by atoms with Gasteiger partial charge >= 0.3 is 11.8 Å². The van der Waals surface area contributed by atoms with Crippen molar-refractivity contribution in [2.24, 2.45) is 5.10 Å². The summed E-state index contributed by atoms with van der Waals surface area (Å²) in [5.41, 5.74) is 2.73. The predicted molar refractivity (Wildman–Crippen MR) is 84.5 cm³/mol. The molecule has 0 radical (unpaired) electrons. The number of benzene rings is 1. The summed E-state index contributed by atoms with van der Waals surface area (Å²) in [4.78, 5) is 22.9. The Balaban J connectivity index is 2.47. The lowest BCUT2D eigenvalue weighted by molar-refractivity contribution is -0.139. The fourth-order valence-corrected chi connectivity index (χ4v) is 1.60. The molecule has 8 nitrogen and oxygen atoms in total. The molecule has 0 saturated heterocycles. The Morgan fingerprint density at radius 2 is 2.13 bits per heavy atom. The lowest BCUT2D eigenvalue weighted by Crippen LogP contribution is -2.38. The van der Waals surface area contributed by atoms with Crippen LogP contribution in [0, 0.1) is 0 Å². The highest BCUT2D eigenvalue weighted by molar-refractivity contribution is 6.35. The summed E-state index contributed by atoms with van der Waals surface area (Å²) in [6.07, 6.45) is 1.96. The average Bonchev–Trinajstić information content (AvgIpc) is 2.54. The van der Waals surface area contributed by atoms with Gasteiger partial charge in [0, 0.05) is 20.3 Å². The number of hydrogen-bond acceptors (Lipinski definition) is 6. The topological polar surface area (TPSA) is 109 Å². The summed E-state index contributed by atoms with van der Waals surface area (Å²) in [6, 6.07) is 4.62. The van der Waals surface area contributed by atoms with E-state index in [4.69, 9.17) is 9.47 Å². The van der Waals surface area contributed by atoms with Crippen molar-refractivity contribution in [3.8, 4) is 11.5 Å². The van der Waals surface area contributed by atoms with Gasteiger partial charge in [0.15, 0.2) is 11.5 Å². The van der Waals surface area contributed by atoms with Gasteiger partial charge in [-0.25, -0.2) is 5.43 Å². The minimum Gasteiger partial charge on any atom is -0.504 e. The first-order chi connectivity index (χ1) is 11.1. The van der Waals surface area contributed by atoms with E-state index in [2.05, 4.69) is 15.8 Å². The summed E-state index contributed by atoms with van der Waals surface area (Å²) < 4.78 is 10.1. The van der Waals surface area contributed by atoms with Crippen molar-refractivity contribution < 1.29 is 24.2 Å². The molecule has 8 heteroatoms. The molecule has 0 aromatic heterocycles. The highest BCUT2D eigenvalue weighted by atomic mass is 16.5. The number of nitrogens with zero attached hydrogens (tertiary/aromatic N) is 1. The highest BCUT2D eigenvalue weighted by Crippen LogP contribution is 2.26. The van der Waals surface area contributed by atoms with E-state index in [1.165, 1.54) is 12.3 Å². The molecule has 0 unspecified atom stereocenters. The fourth-order valence-electron chi connectivity index (χ4n) is 1.60. The minimum atomic E-state index is -0.859. The van der Waals surface area contributed by atoms with Crippen molar-refractivity contribution in [1.82, 2.24) is 10.7 Å². The van der Waals surface area contributed by atoms with Crippen LogP contribution in [0.5, 0.6) is 11.5 Å². The number of carbonyl (C=O) groups is 2. The minimum absolute atomic E-state index is 0.0171. The van der Waals surface area contributed by atoms with Crippen LogP contribution in [0.25, 0.3) is 0 Å². The summed E-state index contributed by atoms with van der Waals surface area (Å²) in [5, 5.41) is 15.7. The van der Waals surface area contributed by atoms with Crippen LogP contribution in [0.2, 0.25) is 0 Å². The number of rotatable bonds is 8. The summed E-state index contributed by atoms with van der Waals surface area (Å²) in [5.74, 6) is -1.29. The van der Waals surface area contributed by atoms with E-state index in [1.807, 2.05) is 0 Å². The van der Waals surface area contributed by atoms with E-state index in [0.29, 0.717) is 37.5 Å². The Labute approximate surface area is 134 Å². The van der Waals surface area contributed by atoms with Crippen LogP contribution in [0.3, 0.4) is 0 Å². The van der Waals surface area contributed by atoms with Gasteiger partial charge in [-0.1, -0.05) is 0 Å². The molecule has 0 fully saturated rings. The molecule has 0 aliphatic heterocycles. The van der Waals surface area contributed by atoms with Gasteiger partial charge in [-0.2, -0.15) is 5.10 Å². The number of phenols is 1. The predicted octanol–water partition coefficient (Wildman–Crippen LogP) is 0.394. The van der Waals surface area contributed by atoms with Crippen molar-refractivity contribution in [2.75, 3.05) is 26.9 Å². The van der Waals surface area contributed by atoms with E-state index in [-0.39, 0.29) is 5.75 Å². The molecule has 0 spiro atoms. The molecule has 0 aliphatic carbocycles. The van der Waals surface area contributed by atoms with Gasteiger partial charge in [0.25, 0.3) is 0 Å². The highest BCUT2D eigenvalue weighted by Gasteiger charge is 2.11. The molecule has 0 atom stereocenters. The second-order valence-electron chi connectivity index (χ2n) is 4.46. The quantitative estimate of drug-likeness (QED) is 0.277. The van der Waals surface area contributed by atoms with Crippen molar-refractivity contribution in [1.29, 1.82) is 0 Å². The Bertz CT molecular complexity index is 560. The van der Waals surface area contributed by atoms with E-state index < -0.39 is 11.8 Å². The van der Waals surface area contributed by atoms with Gasteiger partial charge in [-0.3, -0.25) is 9.59 Å².